The van der Waals surface area contributed by atoms with Gasteiger partial charge in [0, 0.05) is 81.9 Å². The summed E-state index contributed by atoms with van der Waals surface area (Å²) in [7, 11) is 5.15. The molecule has 3 aliphatic rings. The van der Waals surface area contributed by atoms with E-state index in [1.807, 2.05) is 46.1 Å². The van der Waals surface area contributed by atoms with E-state index in [1.54, 1.807) is 42.8 Å². The molecule has 0 radical (unpaired) electrons. The summed E-state index contributed by atoms with van der Waals surface area (Å²) < 4.78 is 16.0. The predicted molar refractivity (Wildman–Crippen MR) is 255 cm³/mol. The molecule has 16 nitrogen and oxygen atoms in total. The van der Waals surface area contributed by atoms with Crippen LogP contribution in [0.5, 0.6) is 5.75 Å². The maximum atomic E-state index is 15.0. The lowest BCUT2D eigenvalue weighted by Gasteiger charge is -2.41. The molecule has 0 saturated carbocycles. The van der Waals surface area contributed by atoms with E-state index in [1.165, 1.54) is 16.0 Å². The third-order valence-electron chi connectivity index (χ3n) is 13.7. The molecule has 6 bridgehead atoms. The van der Waals surface area contributed by atoms with Gasteiger partial charge >= 0.3 is 5.97 Å². The average molecular weight is 921 g/mol. The number of methoxy groups -OCH3 is 1. The van der Waals surface area contributed by atoms with Crippen molar-refractivity contribution in [2.45, 2.75) is 111 Å². The summed E-state index contributed by atoms with van der Waals surface area (Å²) in [6.07, 6.45) is 4.83. The lowest BCUT2D eigenvalue weighted by atomic mass is 9.84. The minimum Gasteiger partial charge on any atom is -0.508 e. The van der Waals surface area contributed by atoms with Crippen LogP contribution in [0.25, 0.3) is 33.3 Å². The number of benzene rings is 2. The fourth-order valence-corrected chi connectivity index (χ4v) is 10.3. The summed E-state index contributed by atoms with van der Waals surface area (Å²) in [5, 5.41) is 21.7. The number of aromatic hydroxyl groups is 1. The van der Waals surface area contributed by atoms with Crippen LogP contribution in [0.2, 0.25) is 0 Å². The van der Waals surface area contributed by atoms with E-state index in [-0.39, 0.29) is 55.7 Å². The van der Waals surface area contributed by atoms with Gasteiger partial charge in [0.1, 0.15) is 29.1 Å². The number of hydrogen-bond acceptors (Lipinski definition) is 10. The maximum absolute atomic E-state index is 15.0. The van der Waals surface area contributed by atoms with Crippen LogP contribution in [0.4, 0.5) is 0 Å². The topological polar surface area (TPSA) is 181 Å². The Morgan fingerprint density at radius 2 is 1.82 bits per heavy atom. The molecule has 3 N–H and O–H groups in total. The number of rotatable bonds is 10. The number of nitrogens with one attached hydrogen (secondary N) is 2. The largest absolute Gasteiger partial charge is 0.508 e. The van der Waals surface area contributed by atoms with Gasteiger partial charge in [-0.05, 0) is 105 Å². The standard InChI is InChI=1S/C51H68N8O8/c1-12-42(61)57-20-18-34(27-57)47(63)56(10)44(30(3)4)46(62)52-51(8)25-32-21-35(23-36(60)22-32)33-16-17-41-37(24-33)38(45(58(41)13-2)39-28-55(9)54-43(39)31(5)66-11)26-50(6,7)29-67-48(64)40-15-14-19-59(53-40)49(51)65/h12,16-17,21-24,28,30-31,34,40,44,53,60H,1,13-15,18-20,25-27,29H2,2-11H3,(H,52,62)/t31-,34-,40-,44-,51?/m0/s1. The Hall–Kier alpha value is -6.00. The van der Waals surface area contributed by atoms with E-state index in [4.69, 9.17) is 14.6 Å². The van der Waals surface area contributed by atoms with E-state index < -0.39 is 46.7 Å². The van der Waals surface area contributed by atoms with Crippen LogP contribution < -0.4 is 10.7 Å². The lowest BCUT2D eigenvalue weighted by Crippen LogP contribution is -2.67. The minimum atomic E-state index is -1.64. The summed E-state index contributed by atoms with van der Waals surface area (Å²) in [6.45, 7) is 18.8. The number of fused-ring (bicyclic) bond motifs is 6. The zero-order chi connectivity index (χ0) is 48.7. The first kappa shape index (κ1) is 48.9. The molecule has 2 fully saturated rings. The normalized spacial score (nSPS) is 22.0. The average Bonchev–Trinajstić information content (AvgIpc) is 4.02. The van der Waals surface area contributed by atoms with Crippen molar-refractivity contribution >= 4 is 40.5 Å². The zero-order valence-electron chi connectivity index (χ0n) is 40.8. The van der Waals surface area contributed by atoms with E-state index in [0.717, 1.165) is 39.0 Å². The Morgan fingerprint density at radius 1 is 1.07 bits per heavy atom. The fourth-order valence-electron chi connectivity index (χ4n) is 10.3. The highest BCUT2D eigenvalue weighted by Crippen LogP contribution is 2.42. The van der Waals surface area contributed by atoms with Crippen LogP contribution >= 0.6 is 0 Å². The van der Waals surface area contributed by atoms with Crippen molar-refractivity contribution < 1.29 is 38.6 Å². The predicted octanol–water partition coefficient (Wildman–Crippen LogP) is 5.70. The van der Waals surface area contributed by atoms with Crippen LogP contribution in [0.3, 0.4) is 0 Å². The number of esters is 1. The molecule has 1 unspecified atom stereocenters. The second-order valence-electron chi connectivity index (χ2n) is 20.0. The molecule has 0 spiro atoms. The number of carbonyl (C=O) groups excluding carboxylic acids is 5. The number of aryl methyl sites for hydroxylation is 2. The van der Waals surface area contributed by atoms with Gasteiger partial charge in [0.05, 0.1) is 24.3 Å². The first-order chi connectivity index (χ1) is 31.7. The molecular formula is C51H68N8O8. The number of ether oxygens (including phenoxy) is 2. The molecule has 4 amide bonds. The third kappa shape index (κ3) is 9.87. The van der Waals surface area contributed by atoms with Crippen molar-refractivity contribution in [1.82, 2.24) is 39.9 Å². The SMILES string of the molecule is C=CC(=O)N1CC[C@H](C(=O)N(C)[C@H](C(=O)NC2(C)Cc3cc(O)cc(c3)-c3ccc4c(c3)c(c(-c3cn(C)nc3[C@H](C)OC)n4CC)CC(C)(C)COC(=O)[C@@H]3CCCN(N3)C2=O)C(C)C)C1. The number of cyclic esters (lactones) is 1. The van der Waals surface area contributed by atoms with E-state index in [0.29, 0.717) is 49.9 Å². The molecule has 16 heteroatoms. The summed E-state index contributed by atoms with van der Waals surface area (Å²) in [4.78, 5) is 73.1. The Labute approximate surface area is 393 Å². The van der Waals surface area contributed by atoms with Crippen LogP contribution in [0.1, 0.15) is 90.7 Å². The van der Waals surface area contributed by atoms with E-state index in [2.05, 4.69) is 54.8 Å². The first-order valence-electron chi connectivity index (χ1n) is 23.5. The number of hydrogen-bond donors (Lipinski definition) is 3. The number of likely N-dealkylation sites (tertiary alicyclic amines) is 1. The molecule has 2 saturated heterocycles. The molecule has 4 aromatic rings. The minimum absolute atomic E-state index is 0.0188. The Kier molecular flexibility index (Phi) is 14.1. The molecule has 67 heavy (non-hydrogen) atoms. The van der Waals surface area contributed by atoms with Crippen LogP contribution in [0, 0.1) is 17.3 Å². The number of nitrogens with zero attached hydrogens (tertiary/aromatic N) is 6. The maximum Gasteiger partial charge on any atom is 0.324 e. The van der Waals surface area contributed by atoms with E-state index >= 15 is 4.79 Å². The van der Waals surface area contributed by atoms with Crippen molar-refractivity contribution in [3.05, 3.63) is 72.1 Å². The van der Waals surface area contributed by atoms with Gasteiger partial charge in [-0.15, -0.1) is 0 Å². The van der Waals surface area contributed by atoms with Crippen molar-refractivity contribution in [3.8, 4) is 28.1 Å². The number of carbonyl (C=O) groups is 5. The number of amides is 4. The van der Waals surface area contributed by atoms with Gasteiger partial charge in [-0.25, -0.2) is 5.43 Å². The van der Waals surface area contributed by atoms with E-state index in [9.17, 15) is 24.3 Å². The van der Waals surface area contributed by atoms with Crippen LogP contribution in [-0.4, -0.2) is 122 Å². The van der Waals surface area contributed by atoms with Gasteiger partial charge in [-0.3, -0.25) is 33.7 Å². The highest BCUT2D eigenvalue weighted by atomic mass is 16.5. The van der Waals surface area contributed by atoms with Gasteiger partial charge in [0.2, 0.25) is 17.7 Å². The summed E-state index contributed by atoms with van der Waals surface area (Å²) >= 11 is 0. The second kappa shape index (κ2) is 19.3. The summed E-state index contributed by atoms with van der Waals surface area (Å²) in [6, 6.07) is 9.64. The summed E-state index contributed by atoms with van der Waals surface area (Å²) in [5.41, 5.74) is 7.87. The molecule has 5 atom stereocenters. The van der Waals surface area contributed by atoms with Crippen LogP contribution in [0.15, 0.2) is 55.3 Å². The number of aromatic nitrogens is 3. The lowest BCUT2D eigenvalue weighted by molar-refractivity contribution is -0.157. The third-order valence-corrected chi connectivity index (χ3v) is 13.7. The van der Waals surface area contributed by atoms with Gasteiger partial charge in [0.15, 0.2) is 0 Å². The second-order valence-corrected chi connectivity index (χ2v) is 20.0. The Balaban J connectivity index is 1.33. The quantitative estimate of drug-likeness (QED) is 0.132. The van der Waals surface area contributed by atoms with Gasteiger partial charge < -0.3 is 34.3 Å². The van der Waals surface area contributed by atoms with Gasteiger partial charge in [-0.1, -0.05) is 46.4 Å². The van der Waals surface area contributed by atoms with Gasteiger partial charge in [-0.2, -0.15) is 5.10 Å². The number of phenolic OH excluding ortho intramolecular Hbond substituents is 1. The van der Waals surface area contributed by atoms with Crippen molar-refractivity contribution in [1.29, 1.82) is 0 Å². The zero-order valence-corrected chi connectivity index (χ0v) is 40.8. The van der Waals surface area contributed by atoms with Gasteiger partial charge in [0.25, 0.3) is 5.91 Å². The molecule has 360 valence electrons. The first-order valence-corrected chi connectivity index (χ1v) is 23.5. The monoisotopic (exact) mass is 921 g/mol. The molecule has 2 aromatic heterocycles. The van der Waals surface area contributed by atoms with Crippen molar-refractivity contribution in [3.63, 3.8) is 0 Å². The molecular weight excluding hydrogens is 853 g/mol. The molecule has 3 aliphatic heterocycles. The molecule has 7 rings (SSSR count). The Morgan fingerprint density at radius 3 is 2.51 bits per heavy atom. The molecule has 0 aliphatic carbocycles. The Bertz CT molecular complexity index is 2580. The van der Waals surface area contributed by atoms with Crippen molar-refractivity contribution in [2.24, 2.45) is 24.3 Å². The highest BCUT2D eigenvalue weighted by Gasteiger charge is 2.45. The fraction of sp³-hybridized carbons (Fsp3) is 0.529. The van der Waals surface area contributed by atoms with Crippen LogP contribution in [-0.2, 0) is 59.9 Å². The number of likely N-dealkylation sites (N-methyl/N-ethyl adjacent to an activating group) is 1. The smallest absolute Gasteiger partial charge is 0.324 e. The molecule has 5 heterocycles. The van der Waals surface area contributed by atoms with Crippen molar-refractivity contribution in [2.75, 3.05) is 40.4 Å². The summed E-state index contributed by atoms with van der Waals surface area (Å²) in [5.74, 6) is -2.93. The number of phenols is 1. The molecule has 2 aromatic carbocycles. The highest BCUT2D eigenvalue weighted by molar-refractivity contribution is 5.97. The number of hydrazine groups is 1.